The Morgan fingerprint density at radius 1 is 1.20 bits per heavy atom. The van der Waals surface area contributed by atoms with E-state index < -0.39 is 10.4 Å². The zero-order chi connectivity index (χ0) is 18.3. The quantitative estimate of drug-likeness (QED) is 0.584. The molecule has 2 aromatic rings. The Bertz CT molecular complexity index is 857. The van der Waals surface area contributed by atoms with Gasteiger partial charge in [0.2, 0.25) is 5.91 Å². The van der Waals surface area contributed by atoms with Gasteiger partial charge in [0.1, 0.15) is 5.75 Å². The summed E-state index contributed by atoms with van der Waals surface area (Å²) in [4.78, 5) is 11.8. The fourth-order valence-corrected chi connectivity index (χ4v) is 2.52. The molecule has 2 rings (SSSR count). The molecule has 132 valence electrons. The number of aryl methyl sites for hydroxylation is 1. The van der Waals surface area contributed by atoms with Gasteiger partial charge in [-0.05, 0) is 42.7 Å². The maximum atomic E-state index is 11.8. The second-order valence-electron chi connectivity index (χ2n) is 5.44. The van der Waals surface area contributed by atoms with Crippen LogP contribution >= 0.6 is 0 Å². The molecule has 0 bridgehead atoms. The summed E-state index contributed by atoms with van der Waals surface area (Å²) in [5, 5.41) is 2.78. The average Bonchev–Trinajstić information content (AvgIpc) is 2.53. The lowest BCUT2D eigenvalue weighted by atomic mass is 10.1. The molecule has 0 aliphatic rings. The molecule has 0 spiro atoms. The monoisotopic (exact) mass is 361 g/mol. The van der Waals surface area contributed by atoms with Gasteiger partial charge in [-0.25, -0.2) is 0 Å². The van der Waals surface area contributed by atoms with E-state index >= 15 is 0 Å². The Labute approximate surface area is 147 Å². The van der Waals surface area contributed by atoms with Crippen LogP contribution in [0.4, 0.5) is 0 Å². The van der Waals surface area contributed by atoms with E-state index in [0.29, 0.717) is 13.0 Å². The maximum absolute atomic E-state index is 11.8. The van der Waals surface area contributed by atoms with Crippen molar-refractivity contribution in [3.63, 3.8) is 0 Å². The largest absolute Gasteiger partial charge is 0.446 e. The van der Waals surface area contributed by atoms with Crippen LogP contribution in [-0.2, 0) is 21.6 Å². The summed E-state index contributed by atoms with van der Waals surface area (Å²) < 4.78 is 34.1. The molecule has 0 aliphatic carbocycles. The summed E-state index contributed by atoms with van der Waals surface area (Å²) in [5.74, 6) is -0.163. The van der Waals surface area contributed by atoms with Gasteiger partial charge in [0.25, 0.3) is 0 Å². The molecule has 2 N–H and O–H groups in total. The molecule has 7 heteroatoms. The zero-order valence-corrected chi connectivity index (χ0v) is 14.5. The Hall–Kier alpha value is -2.64. The van der Waals surface area contributed by atoms with Gasteiger partial charge in [-0.15, -0.1) is 0 Å². The first kappa shape index (κ1) is 18.7. The van der Waals surface area contributed by atoms with E-state index in [1.165, 1.54) is 18.2 Å². The lowest BCUT2D eigenvalue weighted by molar-refractivity contribution is -0.116. The summed E-state index contributed by atoms with van der Waals surface area (Å²) in [6, 6.07) is 14.0. The van der Waals surface area contributed by atoms with E-state index in [4.69, 9.17) is 4.55 Å². The normalized spacial score (nSPS) is 11.4. The van der Waals surface area contributed by atoms with Gasteiger partial charge >= 0.3 is 10.4 Å². The maximum Gasteiger partial charge on any atom is 0.446 e. The van der Waals surface area contributed by atoms with Gasteiger partial charge in [0.15, 0.2) is 0 Å². The van der Waals surface area contributed by atoms with Gasteiger partial charge in [-0.2, -0.15) is 8.42 Å². The molecular formula is C18H19NO5S. The first-order chi connectivity index (χ1) is 11.8. The molecule has 0 heterocycles. The molecular weight excluding hydrogens is 342 g/mol. The third kappa shape index (κ3) is 7.19. The van der Waals surface area contributed by atoms with Gasteiger partial charge in [-0.3, -0.25) is 9.35 Å². The second-order valence-corrected chi connectivity index (χ2v) is 6.47. The fraction of sp³-hybridized carbons (Fsp3) is 0.167. The topological polar surface area (TPSA) is 92.7 Å². The lowest BCUT2D eigenvalue weighted by Gasteiger charge is -2.05. The van der Waals surface area contributed by atoms with Crippen LogP contribution in [0, 0.1) is 6.92 Å². The van der Waals surface area contributed by atoms with Crippen LogP contribution in [-0.4, -0.2) is 25.4 Å². The van der Waals surface area contributed by atoms with Crippen LogP contribution in [0.15, 0.2) is 54.6 Å². The molecule has 0 aliphatic heterocycles. The molecule has 0 radical (unpaired) electrons. The zero-order valence-electron chi connectivity index (χ0n) is 13.7. The predicted octanol–water partition coefficient (Wildman–Crippen LogP) is 2.55. The predicted molar refractivity (Wildman–Crippen MR) is 95.5 cm³/mol. The Morgan fingerprint density at radius 2 is 1.92 bits per heavy atom. The SMILES string of the molecule is Cc1cccc(/C=C/C(=O)NCCc2ccc(OS(=O)(=O)O)cc2)c1. The molecule has 25 heavy (non-hydrogen) atoms. The van der Waals surface area contributed by atoms with Crippen molar-refractivity contribution in [3.05, 3.63) is 71.3 Å². The summed E-state index contributed by atoms with van der Waals surface area (Å²) >= 11 is 0. The summed E-state index contributed by atoms with van der Waals surface area (Å²) in [6.45, 7) is 2.43. The van der Waals surface area contributed by atoms with E-state index in [0.717, 1.165) is 16.7 Å². The number of carbonyl (C=O) groups is 1. The van der Waals surface area contributed by atoms with E-state index in [1.807, 2.05) is 31.2 Å². The highest BCUT2D eigenvalue weighted by Crippen LogP contribution is 2.14. The van der Waals surface area contributed by atoms with Crippen molar-refractivity contribution in [2.75, 3.05) is 6.54 Å². The molecule has 0 aromatic heterocycles. The standard InChI is InChI=1S/C18H19NO5S/c1-14-3-2-4-16(13-14)7-10-18(20)19-12-11-15-5-8-17(9-6-15)24-25(21,22)23/h2-10,13H,11-12H2,1H3,(H,19,20)(H,21,22,23)/b10-7+. The molecule has 6 nitrogen and oxygen atoms in total. The number of rotatable bonds is 7. The Kier molecular flexibility index (Phi) is 6.32. The minimum absolute atomic E-state index is 0.0244. The van der Waals surface area contributed by atoms with Crippen molar-refractivity contribution >= 4 is 22.4 Å². The minimum atomic E-state index is -4.51. The third-order valence-corrected chi connectivity index (χ3v) is 3.71. The second kappa shape index (κ2) is 8.46. The van der Waals surface area contributed by atoms with E-state index in [2.05, 4.69) is 9.50 Å². The van der Waals surface area contributed by atoms with Crippen LogP contribution in [0.2, 0.25) is 0 Å². The van der Waals surface area contributed by atoms with Gasteiger partial charge in [0.05, 0.1) is 0 Å². The fourth-order valence-electron chi connectivity index (χ4n) is 2.17. The number of hydrogen-bond acceptors (Lipinski definition) is 4. The molecule has 0 fully saturated rings. The van der Waals surface area contributed by atoms with Crippen LogP contribution in [0.25, 0.3) is 6.08 Å². The van der Waals surface area contributed by atoms with Crippen LogP contribution in [0.5, 0.6) is 5.75 Å². The van der Waals surface area contributed by atoms with Gasteiger partial charge in [0, 0.05) is 12.6 Å². The first-order valence-electron chi connectivity index (χ1n) is 7.60. The van der Waals surface area contributed by atoms with Crippen molar-refractivity contribution in [3.8, 4) is 5.75 Å². The van der Waals surface area contributed by atoms with Crippen LogP contribution in [0.1, 0.15) is 16.7 Å². The Balaban J connectivity index is 1.79. The minimum Gasteiger partial charge on any atom is -0.362 e. The van der Waals surface area contributed by atoms with E-state index in [9.17, 15) is 13.2 Å². The van der Waals surface area contributed by atoms with Crippen molar-refractivity contribution in [1.82, 2.24) is 5.32 Å². The smallest absolute Gasteiger partial charge is 0.362 e. The lowest BCUT2D eigenvalue weighted by Crippen LogP contribution is -2.23. The number of carbonyl (C=O) groups excluding carboxylic acids is 1. The molecule has 0 unspecified atom stereocenters. The van der Waals surface area contributed by atoms with Crippen molar-refractivity contribution < 1.29 is 21.9 Å². The molecule has 1 amide bonds. The highest BCUT2D eigenvalue weighted by atomic mass is 32.3. The number of nitrogens with one attached hydrogen (secondary N) is 1. The molecule has 0 saturated heterocycles. The van der Waals surface area contributed by atoms with Gasteiger partial charge < -0.3 is 9.50 Å². The number of hydrogen-bond donors (Lipinski definition) is 2. The Morgan fingerprint density at radius 3 is 2.56 bits per heavy atom. The van der Waals surface area contributed by atoms with Crippen molar-refractivity contribution in [1.29, 1.82) is 0 Å². The molecule has 0 saturated carbocycles. The number of benzene rings is 2. The molecule has 0 atom stereocenters. The van der Waals surface area contributed by atoms with E-state index in [1.54, 1.807) is 18.2 Å². The van der Waals surface area contributed by atoms with Crippen LogP contribution < -0.4 is 9.50 Å². The third-order valence-electron chi connectivity index (χ3n) is 3.31. The summed E-state index contributed by atoms with van der Waals surface area (Å²) in [6.07, 6.45) is 3.82. The van der Waals surface area contributed by atoms with Crippen molar-refractivity contribution in [2.45, 2.75) is 13.3 Å². The van der Waals surface area contributed by atoms with Crippen molar-refractivity contribution in [2.24, 2.45) is 0 Å². The van der Waals surface area contributed by atoms with E-state index in [-0.39, 0.29) is 11.7 Å². The van der Waals surface area contributed by atoms with Gasteiger partial charge in [-0.1, -0.05) is 42.0 Å². The average molecular weight is 361 g/mol. The highest BCUT2D eigenvalue weighted by Gasteiger charge is 2.06. The van der Waals surface area contributed by atoms with Crippen LogP contribution in [0.3, 0.4) is 0 Å². The molecule has 2 aromatic carbocycles. The number of amides is 1. The summed E-state index contributed by atoms with van der Waals surface area (Å²) in [7, 11) is -4.51. The summed E-state index contributed by atoms with van der Waals surface area (Å²) in [5.41, 5.74) is 2.99. The first-order valence-corrected chi connectivity index (χ1v) is 8.97. The highest BCUT2D eigenvalue weighted by molar-refractivity contribution is 7.81.